The van der Waals surface area contributed by atoms with E-state index in [1.165, 1.54) is 0 Å². The highest BCUT2D eigenvalue weighted by atomic mass is 16.5. The van der Waals surface area contributed by atoms with Gasteiger partial charge in [0, 0.05) is 5.56 Å². The number of phenols is 2. The Hall–Kier alpha value is -2.23. The Morgan fingerprint density at radius 3 is 2.52 bits per heavy atom. The molecule has 112 valence electrons. The summed E-state index contributed by atoms with van der Waals surface area (Å²) < 4.78 is 5.46. The first-order valence-corrected chi connectivity index (χ1v) is 7.02. The smallest absolute Gasteiger partial charge is 0.314 e. The number of aryl methyl sites for hydroxylation is 1. The second kappa shape index (κ2) is 5.64. The molecule has 0 radical (unpaired) electrons. The van der Waals surface area contributed by atoms with E-state index in [4.69, 9.17) is 4.74 Å². The SMILES string of the molecule is CCC(C)C(=O)Oc1cc(C)cc2cc(O)c(C)c(O)c12. The first-order chi connectivity index (χ1) is 9.85. The van der Waals surface area contributed by atoms with E-state index in [9.17, 15) is 15.0 Å². The minimum Gasteiger partial charge on any atom is -0.508 e. The van der Waals surface area contributed by atoms with Gasteiger partial charge in [-0.25, -0.2) is 0 Å². The van der Waals surface area contributed by atoms with Crippen molar-refractivity contribution in [3.63, 3.8) is 0 Å². The normalized spacial score (nSPS) is 12.4. The highest BCUT2D eigenvalue weighted by molar-refractivity contribution is 5.98. The first-order valence-electron chi connectivity index (χ1n) is 7.02. The number of ether oxygens (including phenoxy) is 1. The lowest BCUT2D eigenvalue weighted by molar-refractivity contribution is -0.138. The van der Waals surface area contributed by atoms with Gasteiger partial charge in [0.2, 0.25) is 0 Å². The molecule has 0 saturated heterocycles. The number of benzene rings is 2. The van der Waals surface area contributed by atoms with Crippen LogP contribution in [0.1, 0.15) is 31.4 Å². The van der Waals surface area contributed by atoms with E-state index in [1.54, 1.807) is 26.0 Å². The Balaban J connectivity index is 2.63. The molecule has 0 spiro atoms. The van der Waals surface area contributed by atoms with Gasteiger partial charge in [-0.15, -0.1) is 0 Å². The van der Waals surface area contributed by atoms with E-state index < -0.39 is 0 Å². The lowest BCUT2D eigenvalue weighted by Gasteiger charge is -2.14. The van der Waals surface area contributed by atoms with Crippen LogP contribution >= 0.6 is 0 Å². The summed E-state index contributed by atoms with van der Waals surface area (Å²) in [5.74, 6) is -0.243. The summed E-state index contributed by atoms with van der Waals surface area (Å²) in [6, 6.07) is 5.12. The van der Waals surface area contributed by atoms with Gasteiger partial charge in [-0.1, -0.05) is 19.9 Å². The van der Waals surface area contributed by atoms with Gasteiger partial charge in [-0.3, -0.25) is 4.79 Å². The second-order valence-electron chi connectivity index (χ2n) is 5.46. The third-order valence-corrected chi connectivity index (χ3v) is 3.77. The molecule has 0 aromatic heterocycles. The summed E-state index contributed by atoms with van der Waals surface area (Å²) in [5, 5.41) is 21.2. The number of rotatable bonds is 3. The molecule has 0 heterocycles. The van der Waals surface area contributed by atoms with Crippen LogP contribution in [-0.2, 0) is 4.79 Å². The van der Waals surface area contributed by atoms with Crippen molar-refractivity contribution >= 4 is 16.7 Å². The topological polar surface area (TPSA) is 66.8 Å². The molecule has 0 amide bonds. The van der Waals surface area contributed by atoms with Gasteiger partial charge in [0.05, 0.1) is 11.3 Å². The average molecular weight is 288 g/mol. The molecule has 0 bridgehead atoms. The minimum atomic E-state index is -0.325. The highest BCUT2D eigenvalue weighted by Crippen LogP contribution is 2.41. The average Bonchev–Trinajstić information content (AvgIpc) is 2.43. The molecule has 0 fully saturated rings. The number of aromatic hydroxyl groups is 2. The molecule has 1 atom stereocenters. The van der Waals surface area contributed by atoms with Crippen LogP contribution in [0.25, 0.3) is 10.8 Å². The molecule has 2 aromatic carbocycles. The molecule has 2 N–H and O–H groups in total. The third kappa shape index (κ3) is 2.79. The fourth-order valence-electron chi connectivity index (χ4n) is 2.17. The van der Waals surface area contributed by atoms with E-state index in [-0.39, 0.29) is 23.4 Å². The first kappa shape index (κ1) is 15.2. The van der Waals surface area contributed by atoms with Crippen LogP contribution in [0.3, 0.4) is 0 Å². The number of esters is 1. The molecule has 0 aliphatic carbocycles. The Bertz CT molecular complexity index is 704. The second-order valence-corrected chi connectivity index (χ2v) is 5.46. The molecule has 2 aromatic rings. The molecule has 0 aliphatic heterocycles. The third-order valence-electron chi connectivity index (χ3n) is 3.77. The number of fused-ring (bicyclic) bond motifs is 1. The van der Waals surface area contributed by atoms with E-state index >= 15 is 0 Å². The predicted molar refractivity (Wildman–Crippen MR) is 81.8 cm³/mol. The molecule has 21 heavy (non-hydrogen) atoms. The number of carbonyl (C=O) groups excluding carboxylic acids is 1. The van der Waals surface area contributed by atoms with E-state index in [0.29, 0.717) is 28.5 Å². The standard InChI is InChI=1S/C17H20O4/c1-5-10(3)17(20)21-14-7-9(2)6-12-8-13(18)11(4)16(19)15(12)14/h6-8,10,18-19H,5H2,1-4H3. The molecular formula is C17H20O4. The van der Waals surface area contributed by atoms with Crippen LogP contribution in [0.15, 0.2) is 18.2 Å². The van der Waals surface area contributed by atoms with Crippen molar-refractivity contribution in [2.24, 2.45) is 5.92 Å². The fraction of sp³-hybridized carbons (Fsp3) is 0.353. The summed E-state index contributed by atoms with van der Waals surface area (Å²) >= 11 is 0. The molecule has 2 rings (SSSR count). The van der Waals surface area contributed by atoms with Gasteiger partial charge in [0.25, 0.3) is 0 Å². The van der Waals surface area contributed by atoms with Gasteiger partial charge in [0.1, 0.15) is 17.2 Å². The van der Waals surface area contributed by atoms with E-state index in [1.807, 2.05) is 19.9 Å². The Kier molecular flexibility index (Phi) is 4.07. The number of phenolic OH excluding ortho intramolecular Hbond substituents is 2. The van der Waals surface area contributed by atoms with Gasteiger partial charge >= 0.3 is 5.97 Å². The number of hydrogen-bond donors (Lipinski definition) is 2. The maximum Gasteiger partial charge on any atom is 0.314 e. The Morgan fingerprint density at radius 1 is 1.24 bits per heavy atom. The van der Waals surface area contributed by atoms with Crippen molar-refractivity contribution in [1.82, 2.24) is 0 Å². The summed E-state index contributed by atoms with van der Waals surface area (Å²) in [6.45, 7) is 7.20. The number of hydrogen-bond acceptors (Lipinski definition) is 4. The monoisotopic (exact) mass is 288 g/mol. The highest BCUT2D eigenvalue weighted by Gasteiger charge is 2.18. The van der Waals surface area contributed by atoms with Crippen molar-refractivity contribution < 1.29 is 19.7 Å². The molecular weight excluding hydrogens is 268 g/mol. The van der Waals surface area contributed by atoms with Crippen molar-refractivity contribution in [3.8, 4) is 17.2 Å². The Morgan fingerprint density at radius 2 is 1.90 bits per heavy atom. The molecule has 0 aliphatic rings. The van der Waals surface area contributed by atoms with Crippen molar-refractivity contribution in [2.45, 2.75) is 34.1 Å². The number of carbonyl (C=O) groups is 1. The summed E-state index contributed by atoms with van der Waals surface area (Å²) in [7, 11) is 0. The fourth-order valence-corrected chi connectivity index (χ4v) is 2.17. The molecule has 4 nitrogen and oxygen atoms in total. The summed E-state index contributed by atoms with van der Waals surface area (Å²) in [4.78, 5) is 12.0. The zero-order valence-corrected chi connectivity index (χ0v) is 12.7. The van der Waals surface area contributed by atoms with E-state index in [2.05, 4.69) is 0 Å². The Labute approximate surface area is 124 Å². The summed E-state index contributed by atoms with van der Waals surface area (Å²) in [5.41, 5.74) is 1.25. The largest absolute Gasteiger partial charge is 0.508 e. The van der Waals surface area contributed by atoms with Crippen LogP contribution in [0, 0.1) is 19.8 Å². The van der Waals surface area contributed by atoms with Gasteiger partial charge in [-0.05, 0) is 43.4 Å². The van der Waals surface area contributed by atoms with Gasteiger partial charge < -0.3 is 14.9 Å². The van der Waals surface area contributed by atoms with Crippen molar-refractivity contribution in [3.05, 3.63) is 29.3 Å². The van der Waals surface area contributed by atoms with Crippen molar-refractivity contribution in [1.29, 1.82) is 0 Å². The molecule has 4 heteroatoms. The van der Waals surface area contributed by atoms with Crippen LogP contribution in [0.2, 0.25) is 0 Å². The van der Waals surface area contributed by atoms with E-state index in [0.717, 1.165) is 5.56 Å². The molecule has 0 saturated carbocycles. The van der Waals surface area contributed by atoms with Crippen LogP contribution in [0.4, 0.5) is 0 Å². The maximum atomic E-state index is 12.0. The zero-order valence-electron chi connectivity index (χ0n) is 12.7. The van der Waals surface area contributed by atoms with Crippen molar-refractivity contribution in [2.75, 3.05) is 0 Å². The van der Waals surface area contributed by atoms with Crippen LogP contribution < -0.4 is 4.74 Å². The van der Waals surface area contributed by atoms with Gasteiger partial charge in [0.15, 0.2) is 0 Å². The van der Waals surface area contributed by atoms with Crippen LogP contribution in [-0.4, -0.2) is 16.2 Å². The lowest BCUT2D eigenvalue weighted by atomic mass is 10.0. The zero-order chi connectivity index (χ0) is 15.7. The molecule has 1 unspecified atom stereocenters. The van der Waals surface area contributed by atoms with Gasteiger partial charge in [-0.2, -0.15) is 0 Å². The summed E-state index contributed by atoms with van der Waals surface area (Å²) in [6.07, 6.45) is 0.689. The predicted octanol–water partition coefficient (Wildman–Crippen LogP) is 3.82. The quantitative estimate of drug-likeness (QED) is 0.665. The lowest BCUT2D eigenvalue weighted by Crippen LogP contribution is -2.17. The minimum absolute atomic E-state index is 0.0183. The van der Waals surface area contributed by atoms with Crippen LogP contribution in [0.5, 0.6) is 17.2 Å². The maximum absolute atomic E-state index is 12.0.